The van der Waals surface area contributed by atoms with Crippen molar-refractivity contribution in [1.29, 1.82) is 0 Å². The fourth-order valence-corrected chi connectivity index (χ4v) is 3.73. The molecule has 1 fully saturated rings. The van der Waals surface area contributed by atoms with Gasteiger partial charge in [0.25, 0.3) is 0 Å². The number of aromatic nitrogens is 3. The van der Waals surface area contributed by atoms with Crippen molar-refractivity contribution in [2.24, 2.45) is 0 Å². The summed E-state index contributed by atoms with van der Waals surface area (Å²) < 4.78 is 12.8. The van der Waals surface area contributed by atoms with Gasteiger partial charge in [0.05, 0.1) is 19.9 Å². The van der Waals surface area contributed by atoms with E-state index in [2.05, 4.69) is 11.0 Å². The molecule has 0 spiro atoms. The largest absolute Gasteiger partial charge is 0.493 e. The van der Waals surface area contributed by atoms with Gasteiger partial charge in [0.15, 0.2) is 17.1 Å². The Hall–Kier alpha value is -2.76. The zero-order valence-corrected chi connectivity index (χ0v) is 15.7. The molecule has 0 atom stereocenters. The summed E-state index contributed by atoms with van der Waals surface area (Å²) in [6.45, 7) is 6.22. The molecular weight excluding hydrogens is 328 g/mol. The Kier molecular flexibility index (Phi) is 4.18. The van der Waals surface area contributed by atoms with Crippen molar-refractivity contribution in [2.45, 2.75) is 26.7 Å². The zero-order valence-electron chi connectivity index (χ0n) is 15.7. The predicted octanol–water partition coefficient (Wildman–Crippen LogP) is 3.63. The molecular formula is C20H24N4O2. The zero-order chi connectivity index (χ0) is 18.3. The van der Waals surface area contributed by atoms with Gasteiger partial charge >= 0.3 is 0 Å². The lowest BCUT2D eigenvalue weighted by Gasteiger charge is -2.19. The summed E-state index contributed by atoms with van der Waals surface area (Å²) in [5.74, 6) is 2.54. The third-order valence-electron chi connectivity index (χ3n) is 4.98. The van der Waals surface area contributed by atoms with Crippen LogP contribution in [0.5, 0.6) is 11.5 Å². The van der Waals surface area contributed by atoms with Crippen molar-refractivity contribution < 1.29 is 9.47 Å². The Labute approximate surface area is 153 Å². The molecule has 3 aromatic rings. The Bertz CT molecular complexity index is 958. The molecule has 0 amide bonds. The molecule has 1 aliphatic rings. The highest BCUT2D eigenvalue weighted by atomic mass is 16.5. The summed E-state index contributed by atoms with van der Waals surface area (Å²) in [6, 6.07) is 8.07. The van der Waals surface area contributed by atoms with Crippen LogP contribution in [-0.2, 0) is 0 Å². The van der Waals surface area contributed by atoms with Gasteiger partial charge in [-0.3, -0.25) is 0 Å². The number of aryl methyl sites for hydroxylation is 2. The number of hydrogen-bond acceptors (Lipinski definition) is 5. The second kappa shape index (κ2) is 6.52. The highest BCUT2D eigenvalue weighted by molar-refractivity contribution is 5.82. The molecule has 0 radical (unpaired) electrons. The van der Waals surface area contributed by atoms with Crippen molar-refractivity contribution in [2.75, 3.05) is 32.2 Å². The highest BCUT2D eigenvalue weighted by Crippen LogP contribution is 2.36. The monoisotopic (exact) mass is 352 g/mol. The summed E-state index contributed by atoms with van der Waals surface area (Å²) in [6.07, 6.45) is 2.46. The molecule has 136 valence electrons. The van der Waals surface area contributed by atoms with Crippen molar-refractivity contribution in [3.8, 4) is 22.6 Å². The predicted molar refractivity (Wildman–Crippen MR) is 102 cm³/mol. The molecule has 1 aliphatic heterocycles. The normalized spacial score (nSPS) is 14.2. The summed E-state index contributed by atoms with van der Waals surface area (Å²) in [5.41, 5.74) is 4.91. The molecule has 26 heavy (non-hydrogen) atoms. The number of fused-ring (bicyclic) bond motifs is 1. The highest BCUT2D eigenvalue weighted by Gasteiger charge is 2.21. The van der Waals surface area contributed by atoms with Gasteiger partial charge in [-0.25, -0.2) is 4.98 Å². The molecule has 1 aromatic carbocycles. The second-order valence-electron chi connectivity index (χ2n) is 6.72. The van der Waals surface area contributed by atoms with E-state index in [0.29, 0.717) is 11.5 Å². The Morgan fingerprint density at radius 3 is 2.38 bits per heavy atom. The van der Waals surface area contributed by atoms with Crippen LogP contribution in [0.4, 0.5) is 5.82 Å². The lowest BCUT2D eigenvalue weighted by Crippen LogP contribution is -2.21. The standard InChI is InChI=1S/C20H24N4O2/c1-13-11-18(23-9-5-6-10-23)24-20(21-13)19(14(2)22-24)15-7-8-16(25-3)17(12-15)26-4/h7-8,11-12H,5-6,9-10H2,1-4H3. The molecule has 4 rings (SSSR count). The van der Waals surface area contributed by atoms with Crippen LogP contribution in [0.2, 0.25) is 0 Å². The van der Waals surface area contributed by atoms with Crippen LogP contribution in [0.15, 0.2) is 24.3 Å². The van der Waals surface area contributed by atoms with Crippen LogP contribution < -0.4 is 14.4 Å². The van der Waals surface area contributed by atoms with Gasteiger partial charge < -0.3 is 14.4 Å². The Balaban J connectivity index is 1.92. The maximum Gasteiger partial charge on any atom is 0.165 e. The minimum Gasteiger partial charge on any atom is -0.493 e. The molecule has 0 N–H and O–H groups in total. The van der Waals surface area contributed by atoms with Crippen molar-refractivity contribution in [3.05, 3.63) is 35.7 Å². The van der Waals surface area contributed by atoms with Gasteiger partial charge in [-0.2, -0.15) is 9.61 Å². The molecule has 6 nitrogen and oxygen atoms in total. The van der Waals surface area contributed by atoms with E-state index in [0.717, 1.165) is 47.1 Å². The number of methoxy groups -OCH3 is 2. The van der Waals surface area contributed by atoms with Crippen molar-refractivity contribution >= 4 is 11.5 Å². The first-order valence-corrected chi connectivity index (χ1v) is 8.96. The number of anilines is 1. The summed E-state index contributed by atoms with van der Waals surface area (Å²) in [5, 5.41) is 4.81. The lowest BCUT2D eigenvalue weighted by molar-refractivity contribution is 0.355. The molecule has 0 saturated carbocycles. The molecule has 6 heteroatoms. The Morgan fingerprint density at radius 1 is 0.962 bits per heavy atom. The first-order valence-electron chi connectivity index (χ1n) is 8.96. The van der Waals surface area contributed by atoms with E-state index >= 15 is 0 Å². The molecule has 0 aliphatic carbocycles. The molecule has 0 bridgehead atoms. The Morgan fingerprint density at radius 2 is 1.69 bits per heavy atom. The summed E-state index contributed by atoms with van der Waals surface area (Å²) in [7, 11) is 3.30. The molecule has 2 aromatic heterocycles. The minimum absolute atomic E-state index is 0.705. The third kappa shape index (κ3) is 2.66. The van der Waals surface area contributed by atoms with E-state index in [1.165, 1.54) is 12.8 Å². The smallest absolute Gasteiger partial charge is 0.165 e. The van der Waals surface area contributed by atoms with E-state index in [-0.39, 0.29) is 0 Å². The van der Waals surface area contributed by atoms with Crippen LogP contribution in [0.25, 0.3) is 16.8 Å². The number of hydrogen-bond donors (Lipinski definition) is 0. The maximum absolute atomic E-state index is 5.47. The average molecular weight is 352 g/mol. The first kappa shape index (κ1) is 16.7. The molecule has 0 unspecified atom stereocenters. The fourth-order valence-electron chi connectivity index (χ4n) is 3.73. The summed E-state index contributed by atoms with van der Waals surface area (Å²) >= 11 is 0. The van der Waals surface area contributed by atoms with Crippen molar-refractivity contribution in [3.63, 3.8) is 0 Å². The first-order chi connectivity index (χ1) is 12.6. The third-order valence-corrected chi connectivity index (χ3v) is 4.98. The molecule has 1 saturated heterocycles. The lowest BCUT2D eigenvalue weighted by atomic mass is 10.1. The van der Waals surface area contributed by atoms with Crippen LogP contribution in [-0.4, -0.2) is 41.9 Å². The van der Waals surface area contributed by atoms with E-state index in [4.69, 9.17) is 19.6 Å². The molecule has 3 heterocycles. The van der Waals surface area contributed by atoms with Crippen LogP contribution >= 0.6 is 0 Å². The van der Waals surface area contributed by atoms with E-state index < -0.39 is 0 Å². The van der Waals surface area contributed by atoms with Gasteiger partial charge in [-0.05, 0) is 44.4 Å². The van der Waals surface area contributed by atoms with Gasteiger partial charge in [-0.15, -0.1) is 0 Å². The summed E-state index contributed by atoms with van der Waals surface area (Å²) in [4.78, 5) is 7.20. The van der Waals surface area contributed by atoms with E-state index in [9.17, 15) is 0 Å². The number of benzene rings is 1. The van der Waals surface area contributed by atoms with E-state index in [1.54, 1.807) is 14.2 Å². The van der Waals surface area contributed by atoms with Crippen LogP contribution in [0.3, 0.4) is 0 Å². The van der Waals surface area contributed by atoms with Gasteiger partial charge in [0.2, 0.25) is 0 Å². The van der Waals surface area contributed by atoms with Gasteiger partial charge in [0, 0.05) is 30.4 Å². The van der Waals surface area contributed by atoms with Crippen molar-refractivity contribution in [1.82, 2.24) is 14.6 Å². The number of nitrogens with zero attached hydrogens (tertiary/aromatic N) is 4. The fraction of sp³-hybridized carbons (Fsp3) is 0.400. The van der Waals surface area contributed by atoms with Gasteiger partial charge in [0.1, 0.15) is 5.82 Å². The quantitative estimate of drug-likeness (QED) is 0.718. The van der Waals surface area contributed by atoms with Crippen LogP contribution in [0.1, 0.15) is 24.2 Å². The van der Waals surface area contributed by atoms with Crippen LogP contribution in [0, 0.1) is 13.8 Å². The number of rotatable bonds is 4. The SMILES string of the molecule is COc1ccc(-c2c(C)nn3c(N4CCCC4)cc(C)nc23)cc1OC. The van der Waals surface area contributed by atoms with Gasteiger partial charge in [-0.1, -0.05) is 6.07 Å². The maximum atomic E-state index is 5.47. The van der Waals surface area contributed by atoms with E-state index in [1.807, 2.05) is 36.6 Å². The average Bonchev–Trinajstić information content (AvgIpc) is 3.28. The second-order valence-corrected chi connectivity index (χ2v) is 6.72. The minimum atomic E-state index is 0.705. The topological polar surface area (TPSA) is 51.9 Å². The number of ether oxygens (including phenoxy) is 2.